The molecule has 198 valence electrons. The summed E-state index contributed by atoms with van der Waals surface area (Å²) in [5.74, 6) is -2.27. The van der Waals surface area contributed by atoms with E-state index >= 15 is 0 Å². The van der Waals surface area contributed by atoms with Gasteiger partial charge in [0.2, 0.25) is 17.7 Å². The first-order valence-electron chi connectivity index (χ1n) is 11.7. The molecule has 2 aromatic heterocycles. The number of aromatic nitrogens is 3. The summed E-state index contributed by atoms with van der Waals surface area (Å²) >= 11 is 1.56. The fraction of sp³-hybridized carbons (Fsp3) is 0.375. The number of H-pyrrole nitrogens is 2. The Labute approximate surface area is 217 Å². The highest BCUT2D eigenvalue weighted by atomic mass is 32.2. The van der Waals surface area contributed by atoms with Gasteiger partial charge in [0.05, 0.1) is 18.9 Å². The van der Waals surface area contributed by atoms with Crippen LogP contribution in [0.4, 0.5) is 0 Å². The van der Waals surface area contributed by atoms with Crippen LogP contribution in [0.15, 0.2) is 43.0 Å². The summed E-state index contributed by atoms with van der Waals surface area (Å²) in [7, 11) is 0. The third-order valence-corrected chi connectivity index (χ3v) is 6.38. The van der Waals surface area contributed by atoms with Crippen molar-refractivity contribution in [2.75, 3.05) is 18.6 Å². The van der Waals surface area contributed by atoms with Gasteiger partial charge in [-0.1, -0.05) is 18.2 Å². The number of hydrogen-bond acceptors (Lipinski definition) is 7. The molecule has 3 amide bonds. The SMILES string of the molecule is CSCCC(N)C(=O)NCC(=O)NC(Cc1cnc[nH]1)C(=O)NC(Cc1c[nH]c2ccccc12)C(=O)O. The van der Waals surface area contributed by atoms with Gasteiger partial charge in [0.1, 0.15) is 12.1 Å². The second-order valence-electron chi connectivity index (χ2n) is 8.47. The number of rotatable bonds is 14. The molecule has 0 aliphatic heterocycles. The number of aliphatic carboxylic acids is 1. The van der Waals surface area contributed by atoms with Crippen LogP contribution < -0.4 is 21.7 Å². The lowest BCUT2D eigenvalue weighted by atomic mass is 10.0. The maximum Gasteiger partial charge on any atom is 0.326 e. The summed E-state index contributed by atoms with van der Waals surface area (Å²) in [4.78, 5) is 59.6. The first-order chi connectivity index (χ1) is 17.8. The van der Waals surface area contributed by atoms with Crippen LogP contribution >= 0.6 is 11.8 Å². The summed E-state index contributed by atoms with van der Waals surface area (Å²) < 4.78 is 0. The number of aromatic amines is 2. The van der Waals surface area contributed by atoms with Crippen LogP contribution in [-0.2, 0) is 32.0 Å². The molecule has 0 fully saturated rings. The molecule has 12 nitrogen and oxygen atoms in total. The van der Waals surface area contributed by atoms with Gasteiger partial charge in [0.25, 0.3) is 0 Å². The number of para-hydroxylation sites is 1. The van der Waals surface area contributed by atoms with E-state index in [2.05, 4.69) is 30.9 Å². The molecular formula is C24H31N7O5S. The Hall–Kier alpha value is -3.84. The number of thioether (sulfide) groups is 1. The number of nitrogens with zero attached hydrogens (tertiary/aromatic N) is 1. The van der Waals surface area contributed by atoms with Crippen LogP contribution in [-0.4, -0.2) is 80.4 Å². The molecule has 3 unspecified atom stereocenters. The van der Waals surface area contributed by atoms with E-state index in [9.17, 15) is 24.3 Å². The third-order valence-electron chi connectivity index (χ3n) is 5.74. The van der Waals surface area contributed by atoms with Crippen molar-refractivity contribution in [2.24, 2.45) is 5.73 Å². The Balaban J connectivity index is 1.65. The second-order valence-corrected chi connectivity index (χ2v) is 9.46. The Kier molecular flexibility index (Phi) is 10.1. The first kappa shape index (κ1) is 27.7. The van der Waals surface area contributed by atoms with E-state index in [1.54, 1.807) is 18.0 Å². The minimum Gasteiger partial charge on any atom is -0.480 e. The molecule has 0 aliphatic rings. The van der Waals surface area contributed by atoms with Crippen LogP contribution in [0.5, 0.6) is 0 Å². The lowest BCUT2D eigenvalue weighted by Gasteiger charge is -2.21. The van der Waals surface area contributed by atoms with E-state index in [0.29, 0.717) is 17.9 Å². The van der Waals surface area contributed by atoms with Crippen molar-refractivity contribution in [1.82, 2.24) is 30.9 Å². The molecular weight excluding hydrogens is 498 g/mol. The fourth-order valence-corrected chi connectivity index (χ4v) is 4.23. The van der Waals surface area contributed by atoms with Gasteiger partial charge in [-0.25, -0.2) is 9.78 Å². The fourth-order valence-electron chi connectivity index (χ4n) is 3.74. The Bertz CT molecular complexity index is 1210. The van der Waals surface area contributed by atoms with Gasteiger partial charge in [-0.2, -0.15) is 11.8 Å². The van der Waals surface area contributed by atoms with E-state index in [4.69, 9.17) is 5.73 Å². The molecule has 8 N–H and O–H groups in total. The predicted molar refractivity (Wildman–Crippen MR) is 140 cm³/mol. The number of carboxylic acid groups (broad SMARTS) is 1. The van der Waals surface area contributed by atoms with Gasteiger partial charge in [-0.3, -0.25) is 14.4 Å². The van der Waals surface area contributed by atoms with E-state index in [-0.39, 0.29) is 19.4 Å². The summed E-state index contributed by atoms with van der Waals surface area (Å²) in [5.41, 5.74) is 7.96. The smallest absolute Gasteiger partial charge is 0.326 e. The molecule has 2 heterocycles. The van der Waals surface area contributed by atoms with Gasteiger partial charge in [-0.15, -0.1) is 0 Å². The van der Waals surface area contributed by atoms with Crippen molar-refractivity contribution in [3.63, 3.8) is 0 Å². The van der Waals surface area contributed by atoms with Crippen LogP contribution in [0.2, 0.25) is 0 Å². The number of nitrogens with two attached hydrogens (primary N) is 1. The van der Waals surface area contributed by atoms with E-state index in [1.807, 2.05) is 30.5 Å². The largest absolute Gasteiger partial charge is 0.480 e. The molecule has 3 atom stereocenters. The number of nitrogens with one attached hydrogen (secondary N) is 5. The maximum absolute atomic E-state index is 13.1. The lowest BCUT2D eigenvalue weighted by Crippen LogP contribution is -2.55. The maximum atomic E-state index is 13.1. The summed E-state index contributed by atoms with van der Waals surface area (Å²) in [5, 5.41) is 18.2. The summed E-state index contributed by atoms with van der Waals surface area (Å²) in [6.07, 6.45) is 7.09. The number of amides is 3. The van der Waals surface area contributed by atoms with Gasteiger partial charge < -0.3 is 36.8 Å². The summed E-state index contributed by atoms with van der Waals surface area (Å²) in [6.45, 7) is -0.379. The van der Waals surface area contributed by atoms with Gasteiger partial charge in [0.15, 0.2) is 0 Å². The quantitative estimate of drug-likeness (QED) is 0.151. The Morgan fingerprint density at radius 1 is 1.08 bits per heavy atom. The van der Waals surface area contributed by atoms with Gasteiger partial charge in [0, 0.05) is 41.8 Å². The third kappa shape index (κ3) is 8.08. The number of carbonyl (C=O) groups is 4. The molecule has 0 aliphatic carbocycles. The molecule has 37 heavy (non-hydrogen) atoms. The van der Waals surface area contributed by atoms with Crippen LogP contribution in [0.25, 0.3) is 10.9 Å². The molecule has 0 saturated carbocycles. The number of imidazole rings is 1. The second kappa shape index (κ2) is 13.5. The van der Waals surface area contributed by atoms with E-state index < -0.39 is 41.8 Å². The minimum absolute atomic E-state index is 0.0399. The van der Waals surface area contributed by atoms with Gasteiger partial charge >= 0.3 is 5.97 Å². The van der Waals surface area contributed by atoms with E-state index in [0.717, 1.165) is 16.5 Å². The van der Waals surface area contributed by atoms with Crippen molar-refractivity contribution < 1.29 is 24.3 Å². The standard InChI is InChI=1S/C24H31N7O5S/c1-37-7-6-17(25)22(33)28-12-21(32)30-19(9-15-11-26-13-29-15)23(34)31-20(24(35)36)8-14-10-27-18-5-3-2-4-16(14)18/h2-5,10-11,13,17,19-20,27H,6-9,12,25H2,1H3,(H,26,29)(H,28,33)(H,30,32)(H,31,34)(H,35,36). The molecule has 0 saturated heterocycles. The average Bonchev–Trinajstić information content (AvgIpc) is 3.55. The highest BCUT2D eigenvalue weighted by Gasteiger charge is 2.28. The van der Waals surface area contributed by atoms with Crippen molar-refractivity contribution in [3.05, 3.63) is 54.2 Å². The highest BCUT2D eigenvalue weighted by molar-refractivity contribution is 7.98. The zero-order chi connectivity index (χ0) is 26.8. The van der Waals surface area contributed by atoms with Crippen molar-refractivity contribution in [3.8, 4) is 0 Å². The first-order valence-corrected chi connectivity index (χ1v) is 13.0. The van der Waals surface area contributed by atoms with E-state index in [1.165, 1.54) is 12.5 Å². The monoisotopic (exact) mass is 529 g/mol. The van der Waals surface area contributed by atoms with Crippen LogP contribution in [0, 0.1) is 0 Å². The Morgan fingerprint density at radius 3 is 2.57 bits per heavy atom. The zero-order valence-electron chi connectivity index (χ0n) is 20.3. The zero-order valence-corrected chi connectivity index (χ0v) is 21.1. The van der Waals surface area contributed by atoms with Crippen LogP contribution in [0.3, 0.4) is 0 Å². The van der Waals surface area contributed by atoms with Crippen molar-refractivity contribution in [1.29, 1.82) is 0 Å². The molecule has 13 heteroatoms. The van der Waals surface area contributed by atoms with Gasteiger partial charge in [-0.05, 0) is 30.1 Å². The number of benzene rings is 1. The normalized spacial score (nSPS) is 13.5. The van der Waals surface area contributed by atoms with Crippen LogP contribution in [0.1, 0.15) is 17.7 Å². The number of hydrogen-bond donors (Lipinski definition) is 7. The molecule has 0 spiro atoms. The lowest BCUT2D eigenvalue weighted by molar-refractivity contribution is -0.142. The Morgan fingerprint density at radius 2 is 1.86 bits per heavy atom. The topological polar surface area (TPSA) is 195 Å². The average molecular weight is 530 g/mol. The molecule has 0 bridgehead atoms. The summed E-state index contributed by atoms with van der Waals surface area (Å²) in [6, 6.07) is 4.36. The van der Waals surface area contributed by atoms with Crippen molar-refractivity contribution in [2.45, 2.75) is 37.4 Å². The number of carboxylic acids is 1. The highest BCUT2D eigenvalue weighted by Crippen LogP contribution is 2.19. The molecule has 3 rings (SSSR count). The van der Waals surface area contributed by atoms with Crippen molar-refractivity contribution >= 4 is 46.4 Å². The number of fused-ring (bicyclic) bond motifs is 1. The molecule has 3 aromatic rings. The number of carbonyl (C=O) groups excluding carboxylic acids is 3. The molecule has 0 radical (unpaired) electrons. The predicted octanol–water partition coefficient (Wildman–Crippen LogP) is -0.0730. The minimum atomic E-state index is -1.23. The molecule has 1 aromatic carbocycles.